The molecule has 0 saturated carbocycles. The molecule has 0 bridgehead atoms. The fourth-order valence-corrected chi connectivity index (χ4v) is 1.84. The minimum absolute atomic E-state index is 0.000202. The van der Waals surface area contributed by atoms with Crippen molar-refractivity contribution in [1.82, 2.24) is 10.3 Å². The zero-order chi connectivity index (χ0) is 13.8. The molecule has 0 aliphatic carbocycles. The molecule has 3 nitrogen and oxygen atoms in total. The number of pyridine rings is 1. The fraction of sp³-hybridized carbons (Fsp3) is 0.643. The first kappa shape index (κ1) is 15.1. The summed E-state index contributed by atoms with van der Waals surface area (Å²) in [6.07, 6.45) is 1.57. The van der Waals surface area contributed by atoms with Crippen molar-refractivity contribution in [2.75, 3.05) is 6.54 Å². The van der Waals surface area contributed by atoms with Crippen LogP contribution in [0.4, 0.5) is 4.39 Å². The van der Waals surface area contributed by atoms with Gasteiger partial charge >= 0.3 is 0 Å². The number of nitrogens with zero attached hydrogens (tertiary/aromatic N) is 1. The molecule has 2 atom stereocenters. The van der Waals surface area contributed by atoms with Gasteiger partial charge in [-0.2, -0.15) is 0 Å². The molecule has 102 valence electrons. The first-order valence-electron chi connectivity index (χ1n) is 6.31. The Bertz CT molecular complexity index is 359. The molecule has 0 radical (unpaired) electrons. The summed E-state index contributed by atoms with van der Waals surface area (Å²) in [4.78, 5) is 4.01. The van der Waals surface area contributed by atoms with Crippen LogP contribution >= 0.6 is 0 Å². The largest absolute Gasteiger partial charge is 0.392 e. The average Bonchev–Trinajstić information content (AvgIpc) is 2.24. The highest BCUT2D eigenvalue weighted by molar-refractivity contribution is 5.08. The Morgan fingerprint density at radius 2 is 2.06 bits per heavy atom. The predicted molar refractivity (Wildman–Crippen MR) is 70.7 cm³/mol. The second kappa shape index (κ2) is 6.25. The zero-order valence-corrected chi connectivity index (χ0v) is 11.6. The summed E-state index contributed by atoms with van der Waals surface area (Å²) >= 11 is 0. The Morgan fingerprint density at radius 3 is 2.56 bits per heavy atom. The molecule has 0 fully saturated rings. The molecule has 0 spiro atoms. The van der Waals surface area contributed by atoms with Crippen LogP contribution in [0.15, 0.2) is 18.3 Å². The van der Waals surface area contributed by atoms with Gasteiger partial charge in [0.05, 0.1) is 18.0 Å². The quantitative estimate of drug-likeness (QED) is 0.849. The summed E-state index contributed by atoms with van der Waals surface area (Å²) in [5.41, 5.74) is 0.887. The Hall–Kier alpha value is -1.00. The number of aliphatic hydroxyl groups excluding tert-OH is 1. The van der Waals surface area contributed by atoms with Gasteiger partial charge in [0.15, 0.2) is 0 Å². The molecule has 0 aromatic carbocycles. The monoisotopic (exact) mass is 254 g/mol. The summed E-state index contributed by atoms with van der Waals surface area (Å²) < 4.78 is 12.7. The van der Waals surface area contributed by atoms with Crippen LogP contribution in [0.2, 0.25) is 0 Å². The van der Waals surface area contributed by atoms with Gasteiger partial charge in [-0.25, -0.2) is 4.39 Å². The van der Waals surface area contributed by atoms with Gasteiger partial charge in [-0.1, -0.05) is 20.8 Å². The highest BCUT2D eigenvalue weighted by Gasteiger charge is 2.17. The van der Waals surface area contributed by atoms with Gasteiger partial charge in [-0.15, -0.1) is 0 Å². The number of halogens is 1. The van der Waals surface area contributed by atoms with E-state index >= 15 is 0 Å². The summed E-state index contributed by atoms with van der Waals surface area (Å²) in [5.74, 6) is -0.335. The van der Waals surface area contributed by atoms with Crippen LogP contribution in [-0.4, -0.2) is 22.7 Å². The first-order chi connectivity index (χ1) is 8.28. The van der Waals surface area contributed by atoms with Crippen LogP contribution in [0.25, 0.3) is 0 Å². The maximum absolute atomic E-state index is 12.7. The number of hydrogen-bond acceptors (Lipinski definition) is 3. The number of rotatable bonds is 5. The zero-order valence-electron chi connectivity index (χ0n) is 11.6. The van der Waals surface area contributed by atoms with E-state index in [1.54, 1.807) is 6.07 Å². The lowest BCUT2D eigenvalue weighted by atomic mass is 9.89. The lowest BCUT2D eigenvalue weighted by Crippen LogP contribution is -2.32. The third kappa shape index (κ3) is 5.56. The normalized spacial score (nSPS) is 15.4. The van der Waals surface area contributed by atoms with Gasteiger partial charge in [-0.05, 0) is 30.9 Å². The van der Waals surface area contributed by atoms with Gasteiger partial charge in [0, 0.05) is 12.6 Å². The molecule has 0 aliphatic heterocycles. The lowest BCUT2D eigenvalue weighted by molar-refractivity contribution is 0.117. The van der Waals surface area contributed by atoms with E-state index in [0.717, 1.165) is 12.1 Å². The standard InChI is InChI=1S/C14H23FN2O/c1-10(13-6-5-11(15)8-17-13)16-9-12(18)7-14(2,3)4/h5-6,8,10,12,16,18H,7,9H2,1-4H3. The second-order valence-corrected chi connectivity index (χ2v) is 5.95. The molecule has 2 N–H and O–H groups in total. The molecule has 1 heterocycles. The van der Waals surface area contributed by atoms with Gasteiger partial charge in [0.25, 0.3) is 0 Å². The molecule has 4 heteroatoms. The van der Waals surface area contributed by atoms with Gasteiger partial charge < -0.3 is 10.4 Å². The number of hydrogen-bond donors (Lipinski definition) is 2. The van der Waals surface area contributed by atoms with Crippen LogP contribution in [0.1, 0.15) is 45.9 Å². The second-order valence-electron chi connectivity index (χ2n) is 5.95. The van der Waals surface area contributed by atoms with E-state index in [1.165, 1.54) is 12.3 Å². The molecule has 2 unspecified atom stereocenters. The molecular formula is C14H23FN2O. The van der Waals surface area contributed by atoms with Crippen molar-refractivity contribution in [3.8, 4) is 0 Å². The van der Waals surface area contributed by atoms with Crippen LogP contribution in [0.3, 0.4) is 0 Å². The minimum Gasteiger partial charge on any atom is -0.392 e. The Balaban J connectivity index is 2.41. The van der Waals surface area contributed by atoms with Crippen LogP contribution in [0.5, 0.6) is 0 Å². The smallest absolute Gasteiger partial charge is 0.141 e. The predicted octanol–water partition coefficient (Wildman–Crippen LogP) is 2.67. The molecule has 1 aromatic rings. The molecule has 1 aromatic heterocycles. The average molecular weight is 254 g/mol. The van der Waals surface area contributed by atoms with E-state index in [0.29, 0.717) is 6.54 Å². The van der Waals surface area contributed by atoms with E-state index in [-0.39, 0.29) is 23.4 Å². The number of nitrogens with one attached hydrogen (secondary N) is 1. The van der Waals surface area contributed by atoms with Crippen molar-refractivity contribution >= 4 is 0 Å². The van der Waals surface area contributed by atoms with Crippen molar-refractivity contribution in [1.29, 1.82) is 0 Å². The molecule has 1 rings (SSSR count). The summed E-state index contributed by atoms with van der Waals surface area (Å²) in [7, 11) is 0. The molecular weight excluding hydrogens is 231 g/mol. The molecule has 0 saturated heterocycles. The highest BCUT2D eigenvalue weighted by Crippen LogP contribution is 2.20. The molecule has 0 aliphatic rings. The van der Waals surface area contributed by atoms with Crippen molar-refractivity contribution in [3.63, 3.8) is 0 Å². The lowest BCUT2D eigenvalue weighted by Gasteiger charge is -2.23. The maximum Gasteiger partial charge on any atom is 0.141 e. The third-order valence-corrected chi connectivity index (χ3v) is 2.70. The number of aliphatic hydroxyl groups is 1. The van der Waals surface area contributed by atoms with Gasteiger partial charge in [0.1, 0.15) is 5.82 Å². The van der Waals surface area contributed by atoms with Crippen LogP contribution in [-0.2, 0) is 0 Å². The minimum atomic E-state index is -0.382. The SMILES string of the molecule is CC(NCC(O)CC(C)(C)C)c1ccc(F)cn1. The van der Waals surface area contributed by atoms with Crippen molar-refractivity contribution in [3.05, 3.63) is 29.8 Å². The van der Waals surface area contributed by atoms with E-state index in [9.17, 15) is 9.50 Å². The third-order valence-electron chi connectivity index (χ3n) is 2.70. The first-order valence-corrected chi connectivity index (χ1v) is 6.31. The van der Waals surface area contributed by atoms with E-state index in [2.05, 4.69) is 31.1 Å². The molecule has 0 amide bonds. The topological polar surface area (TPSA) is 45.1 Å². The van der Waals surface area contributed by atoms with Crippen LogP contribution < -0.4 is 5.32 Å². The Labute approximate surface area is 108 Å². The summed E-state index contributed by atoms with van der Waals surface area (Å²) in [6.45, 7) is 8.76. The van der Waals surface area contributed by atoms with E-state index < -0.39 is 0 Å². The van der Waals surface area contributed by atoms with E-state index in [1.807, 2.05) is 6.92 Å². The van der Waals surface area contributed by atoms with Crippen LogP contribution in [0, 0.1) is 11.2 Å². The number of aromatic nitrogens is 1. The van der Waals surface area contributed by atoms with E-state index in [4.69, 9.17) is 0 Å². The highest BCUT2D eigenvalue weighted by atomic mass is 19.1. The van der Waals surface area contributed by atoms with Crippen molar-refractivity contribution < 1.29 is 9.50 Å². The Kier molecular flexibility index (Phi) is 5.23. The Morgan fingerprint density at radius 1 is 1.39 bits per heavy atom. The molecule has 18 heavy (non-hydrogen) atoms. The fourth-order valence-electron chi connectivity index (χ4n) is 1.84. The van der Waals surface area contributed by atoms with Crippen molar-refractivity contribution in [2.45, 2.75) is 46.3 Å². The maximum atomic E-state index is 12.7. The van der Waals surface area contributed by atoms with Gasteiger partial charge in [0.2, 0.25) is 0 Å². The van der Waals surface area contributed by atoms with Gasteiger partial charge in [-0.3, -0.25) is 4.98 Å². The van der Waals surface area contributed by atoms with Crippen molar-refractivity contribution in [2.24, 2.45) is 5.41 Å². The summed E-state index contributed by atoms with van der Waals surface area (Å²) in [6, 6.07) is 3.05. The summed E-state index contributed by atoms with van der Waals surface area (Å²) in [5, 5.41) is 13.1.